The van der Waals surface area contributed by atoms with Crippen molar-refractivity contribution in [3.63, 3.8) is 0 Å². The van der Waals surface area contributed by atoms with Gasteiger partial charge in [0.15, 0.2) is 11.6 Å². The summed E-state index contributed by atoms with van der Waals surface area (Å²) in [6, 6.07) is 9.96. The second-order valence-corrected chi connectivity index (χ2v) is 5.05. The highest BCUT2D eigenvalue weighted by Gasteiger charge is 2.12. The van der Waals surface area contributed by atoms with E-state index in [2.05, 4.69) is 15.5 Å². The predicted octanol–water partition coefficient (Wildman–Crippen LogP) is 2.95. The molecule has 8 heteroatoms. The van der Waals surface area contributed by atoms with Gasteiger partial charge in [-0.3, -0.25) is 4.79 Å². The zero-order valence-electron chi connectivity index (χ0n) is 13.1. The van der Waals surface area contributed by atoms with Crippen molar-refractivity contribution in [3.05, 3.63) is 65.6 Å². The van der Waals surface area contributed by atoms with Gasteiger partial charge < -0.3 is 14.6 Å². The molecule has 3 aromatic rings. The molecule has 1 N–H and O–H groups in total. The standard InChI is InChI=1S/C17H13F2N3O3/c1-24-12-5-2-10(3-6-12)16-21-15(25-22-16)9-20-17(23)11-4-7-13(18)14(19)8-11/h2-8H,9H2,1H3,(H,20,23). The third-order valence-corrected chi connectivity index (χ3v) is 3.40. The number of amides is 1. The van der Waals surface area contributed by atoms with E-state index in [1.807, 2.05) is 0 Å². The lowest BCUT2D eigenvalue weighted by atomic mass is 10.2. The van der Waals surface area contributed by atoms with Crippen molar-refractivity contribution in [2.24, 2.45) is 0 Å². The Bertz CT molecular complexity index is 894. The molecule has 0 radical (unpaired) electrons. The maximum absolute atomic E-state index is 13.1. The fraction of sp³-hybridized carbons (Fsp3) is 0.118. The van der Waals surface area contributed by atoms with Crippen LogP contribution in [-0.2, 0) is 6.54 Å². The number of halogens is 2. The van der Waals surface area contributed by atoms with Crippen molar-refractivity contribution in [2.45, 2.75) is 6.54 Å². The molecule has 2 aromatic carbocycles. The Kier molecular flexibility index (Phi) is 4.69. The molecule has 1 aromatic heterocycles. The normalized spacial score (nSPS) is 10.5. The number of ether oxygens (including phenoxy) is 1. The van der Waals surface area contributed by atoms with E-state index in [9.17, 15) is 13.6 Å². The van der Waals surface area contributed by atoms with Crippen molar-refractivity contribution in [1.82, 2.24) is 15.5 Å². The van der Waals surface area contributed by atoms with Gasteiger partial charge in [0.1, 0.15) is 5.75 Å². The molecule has 0 fully saturated rings. The number of hydrogen-bond acceptors (Lipinski definition) is 5. The Morgan fingerprint density at radius 2 is 1.92 bits per heavy atom. The maximum atomic E-state index is 13.1. The number of methoxy groups -OCH3 is 1. The van der Waals surface area contributed by atoms with Crippen molar-refractivity contribution < 1.29 is 22.8 Å². The van der Waals surface area contributed by atoms with Gasteiger partial charge in [-0.1, -0.05) is 5.16 Å². The molecule has 0 bridgehead atoms. The van der Waals surface area contributed by atoms with Gasteiger partial charge in [-0.15, -0.1) is 0 Å². The number of nitrogens with one attached hydrogen (secondary N) is 1. The van der Waals surface area contributed by atoms with E-state index in [0.29, 0.717) is 11.6 Å². The fourth-order valence-electron chi connectivity index (χ4n) is 2.08. The zero-order chi connectivity index (χ0) is 17.8. The molecule has 0 unspecified atom stereocenters. The lowest BCUT2D eigenvalue weighted by molar-refractivity contribution is 0.0945. The Morgan fingerprint density at radius 1 is 1.16 bits per heavy atom. The highest BCUT2D eigenvalue weighted by Crippen LogP contribution is 2.19. The van der Waals surface area contributed by atoms with Crippen LogP contribution in [0.1, 0.15) is 16.2 Å². The fourth-order valence-corrected chi connectivity index (χ4v) is 2.08. The number of carbonyl (C=O) groups is 1. The van der Waals surface area contributed by atoms with Gasteiger partial charge in [0.2, 0.25) is 11.7 Å². The van der Waals surface area contributed by atoms with Gasteiger partial charge in [0.25, 0.3) is 5.91 Å². The third-order valence-electron chi connectivity index (χ3n) is 3.40. The van der Waals surface area contributed by atoms with Crippen molar-refractivity contribution in [3.8, 4) is 17.1 Å². The summed E-state index contributed by atoms with van der Waals surface area (Å²) < 4.78 is 36.2. The summed E-state index contributed by atoms with van der Waals surface area (Å²) >= 11 is 0. The van der Waals surface area contributed by atoms with Gasteiger partial charge >= 0.3 is 0 Å². The summed E-state index contributed by atoms with van der Waals surface area (Å²) in [5.41, 5.74) is 0.719. The van der Waals surface area contributed by atoms with Crippen LogP contribution in [0.4, 0.5) is 8.78 Å². The van der Waals surface area contributed by atoms with Crippen LogP contribution in [-0.4, -0.2) is 23.2 Å². The first kappa shape index (κ1) is 16.6. The van der Waals surface area contributed by atoms with Gasteiger partial charge in [-0.25, -0.2) is 8.78 Å². The van der Waals surface area contributed by atoms with Gasteiger partial charge in [-0.2, -0.15) is 4.98 Å². The van der Waals surface area contributed by atoms with E-state index in [0.717, 1.165) is 17.7 Å². The van der Waals surface area contributed by atoms with Crippen LogP contribution >= 0.6 is 0 Å². The summed E-state index contributed by atoms with van der Waals surface area (Å²) in [7, 11) is 1.57. The Morgan fingerprint density at radius 3 is 2.60 bits per heavy atom. The number of nitrogens with zero attached hydrogens (tertiary/aromatic N) is 2. The van der Waals surface area contributed by atoms with Gasteiger partial charge in [0.05, 0.1) is 13.7 Å². The first-order chi connectivity index (χ1) is 12.1. The monoisotopic (exact) mass is 345 g/mol. The molecule has 1 amide bonds. The maximum Gasteiger partial charge on any atom is 0.251 e. The van der Waals surface area contributed by atoms with Crippen LogP contribution < -0.4 is 10.1 Å². The Balaban J connectivity index is 1.64. The SMILES string of the molecule is COc1ccc(-c2noc(CNC(=O)c3ccc(F)c(F)c3)n2)cc1. The first-order valence-electron chi connectivity index (χ1n) is 7.27. The molecule has 0 aliphatic carbocycles. The molecule has 0 aliphatic rings. The number of rotatable bonds is 5. The highest BCUT2D eigenvalue weighted by molar-refractivity contribution is 5.94. The topological polar surface area (TPSA) is 77.3 Å². The average Bonchev–Trinajstić information content (AvgIpc) is 3.11. The van der Waals surface area contributed by atoms with E-state index >= 15 is 0 Å². The molecule has 128 valence electrons. The Labute approximate surface area is 141 Å². The summed E-state index contributed by atoms with van der Waals surface area (Å²) in [5.74, 6) is -1.44. The van der Waals surface area contributed by atoms with E-state index in [-0.39, 0.29) is 18.0 Å². The van der Waals surface area contributed by atoms with Crippen molar-refractivity contribution in [2.75, 3.05) is 7.11 Å². The van der Waals surface area contributed by atoms with E-state index in [1.54, 1.807) is 31.4 Å². The molecule has 25 heavy (non-hydrogen) atoms. The molecular weight excluding hydrogens is 332 g/mol. The smallest absolute Gasteiger partial charge is 0.251 e. The predicted molar refractivity (Wildman–Crippen MR) is 83.8 cm³/mol. The summed E-state index contributed by atoms with van der Waals surface area (Å²) in [6.45, 7) is -0.0407. The van der Waals surface area contributed by atoms with Crippen LogP contribution in [0.25, 0.3) is 11.4 Å². The second-order valence-electron chi connectivity index (χ2n) is 5.05. The summed E-state index contributed by atoms with van der Waals surface area (Å²) in [6.07, 6.45) is 0. The van der Waals surface area contributed by atoms with E-state index in [4.69, 9.17) is 9.26 Å². The summed E-state index contributed by atoms with van der Waals surface area (Å²) in [4.78, 5) is 16.1. The molecular formula is C17H13F2N3O3. The minimum Gasteiger partial charge on any atom is -0.497 e. The lowest BCUT2D eigenvalue weighted by Gasteiger charge is -2.02. The quantitative estimate of drug-likeness (QED) is 0.769. The first-order valence-corrected chi connectivity index (χ1v) is 7.27. The van der Waals surface area contributed by atoms with Crippen LogP contribution in [0.5, 0.6) is 5.75 Å². The molecule has 0 aliphatic heterocycles. The zero-order valence-corrected chi connectivity index (χ0v) is 13.1. The van der Waals surface area contributed by atoms with Crippen LogP contribution in [0.2, 0.25) is 0 Å². The minimum atomic E-state index is -1.09. The second kappa shape index (κ2) is 7.08. The van der Waals surface area contributed by atoms with E-state index < -0.39 is 17.5 Å². The molecule has 0 saturated carbocycles. The number of benzene rings is 2. The van der Waals surface area contributed by atoms with Crippen molar-refractivity contribution >= 4 is 5.91 Å². The van der Waals surface area contributed by atoms with Crippen LogP contribution in [0, 0.1) is 11.6 Å². The average molecular weight is 345 g/mol. The third kappa shape index (κ3) is 3.79. The highest BCUT2D eigenvalue weighted by atomic mass is 19.2. The largest absolute Gasteiger partial charge is 0.497 e. The molecule has 3 rings (SSSR count). The van der Waals surface area contributed by atoms with E-state index in [1.165, 1.54) is 6.07 Å². The van der Waals surface area contributed by atoms with Gasteiger partial charge in [0, 0.05) is 11.1 Å². The molecule has 0 spiro atoms. The number of aromatic nitrogens is 2. The van der Waals surface area contributed by atoms with Gasteiger partial charge in [-0.05, 0) is 42.5 Å². The molecule has 1 heterocycles. The number of carbonyl (C=O) groups excluding carboxylic acids is 1. The molecule has 0 atom stereocenters. The summed E-state index contributed by atoms with van der Waals surface area (Å²) in [5, 5.41) is 6.33. The Hall–Kier alpha value is -3.29. The van der Waals surface area contributed by atoms with Crippen LogP contribution in [0.15, 0.2) is 47.0 Å². The van der Waals surface area contributed by atoms with Crippen LogP contribution in [0.3, 0.4) is 0 Å². The molecule has 0 saturated heterocycles. The van der Waals surface area contributed by atoms with Crippen molar-refractivity contribution in [1.29, 1.82) is 0 Å². The minimum absolute atomic E-state index is 0.00575. The lowest BCUT2D eigenvalue weighted by Crippen LogP contribution is -2.23. The number of hydrogen-bond donors (Lipinski definition) is 1. The molecule has 6 nitrogen and oxygen atoms in total.